The Bertz CT molecular complexity index is 380. The van der Waals surface area contributed by atoms with E-state index in [9.17, 15) is 14.7 Å². The van der Waals surface area contributed by atoms with Crippen LogP contribution in [-0.2, 0) is 9.53 Å². The van der Waals surface area contributed by atoms with Crippen molar-refractivity contribution >= 4 is 23.2 Å². The van der Waals surface area contributed by atoms with Crippen molar-refractivity contribution in [1.82, 2.24) is 10.6 Å². The van der Waals surface area contributed by atoms with Gasteiger partial charge >= 0.3 is 0 Å². The topological polar surface area (TPSA) is 87.7 Å². The molecule has 0 saturated carbocycles. The molecule has 0 fully saturated rings. The third-order valence-electron chi connectivity index (χ3n) is 2.05. The van der Waals surface area contributed by atoms with Crippen LogP contribution in [0.4, 0.5) is 0 Å². The summed E-state index contributed by atoms with van der Waals surface area (Å²) in [4.78, 5) is 23.4. The van der Waals surface area contributed by atoms with E-state index in [4.69, 9.17) is 4.74 Å². The van der Waals surface area contributed by atoms with Crippen LogP contribution in [0, 0.1) is 0 Å². The molecule has 7 heteroatoms. The van der Waals surface area contributed by atoms with Crippen molar-refractivity contribution in [3.8, 4) is 0 Å². The smallest absolute Gasteiger partial charge is 0.261 e. The van der Waals surface area contributed by atoms with Crippen molar-refractivity contribution in [1.29, 1.82) is 0 Å². The monoisotopic (exact) mass is 272 g/mol. The molecule has 0 saturated heterocycles. The van der Waals surface area contributed by atoms with Crippen molar-refractivity contribution in [3.63, 3.8) is 0 Å². The molecule has 1 heterocycles. The van der Waals surface area contributed by atoms with E-state index in [1.165, 1.54) is 18.4 Å². The summed E-state index contributed by atoms with van der Waals surface area (Å²) in [5, 5.41) is 16.1. The number of ether oxygens (including phenoxy) is 1. The first kappa shape index (κ1) is 14.6. The lowest BCUT2D eigenvalue weighted by Gasteiger charge is -2.10. The Morgan fingerprint density at radius 3 is 2.89 bits per heavy atom. The van der Waals surface area contributed by atoms with Crippen LogP contribution in [0.15, 0.2) is 17.5 Å². The molecule has 1 unspecified atom stereocenters. The Morgan fingerprint density at radius 1 is 1.50 bits per heavy atom. The number of amides is 2. The molecule has 0 aliphatic rings. The van der Waals surface area contributed by atoms with Gasteiger partial charge in [-0.3, -0.25) is 9.59 Å². The van der Waals surface area contributed by atoms with Gasteiger partial charge in [-0.05, 0) is 11.4 Å². The summed E-state index contributed by atoms with van der Waals surface area (Å²) in [7, 11) is 1.46. The molecule has 0 bridgehead atoms. The van der Waals surface area contributed by atoms with Gasteiger partial charge in [-0.25, -0.2) is 0 Å². The lowest BCUT2D eigenvalue weighted by Crippen LogP contribution is -2.40. The highest BCUT2D eigenvalue weighted by molar-refractivity contribution is 7.12. The first-order valence-electron chi connectivity index (χ1n) is 5.39. The van der Waals surface area contributed by atoms with E-state index in [2.05, 4.69) is 10.6 Å². The van der Waals surface area contributed by atoms with Crippen LogP contribution in [0.3, 0.4) is 0 Å². The van der Waals surface area contributed by atoms with Crippen molar-refractivity contribution in [2.45, 2.75) is 6.10 Å². The minimum absolute atomic E-state index is 0.0988. The standard InChI is InChI=1S/C11H16N2O4S/c1-17-7-8(14)5-12-10(15)6-13-11(16)9-3-2-4-18-9/h2-4,8,14H,5-7H2,1H3,(H,12,15)(H,13,16). The number of thiophene rings is 1. The van der Waals surface area contributed by atoms with Crippen LogP contribution in [0.2, 0.25) is 0 Å². The molecule has 0 radical (unpaired) electrons. The van der Waals surface area contributed by atoms with Crippen molar-refractivity contribution < 1.29 is 19.4 Å². The Balaban J connectivity index is 2.19. The number of aliphatic hydroxyl groups is 1. The van der Waals surface area contributed by atoms with Gasteiger partial charge < -0.3 is 20.5 Å². The van der Waals surface area contributed by atoms with Gasteiger partial charge in [-0.1, -0.05) is 6.07 Å². The van der Waals surface area contributed by atoms with Crippen LogP contribution in [-0.4, -0.2) is 49.8 Å². The molecule has 2 amide bonds. The van der Waals surface area contributed by atoms with Crippen LogP contribution < -0.4 is 10.6 Å². The van der Waals surface area contributed by atoms with Crippen molar-refractivity contribution in [2.75, 3.05) is 26.8 Å². The maximum atomic E-state index is 11.5. The molecule has 1 aromatic rings. The van der Waals surface area contributed by atoms with Crippen LogP contribution in [0.5, 0.6) is 0 Å². The van der Waals surface area contributed by atoms with Gasteiger partial charge in [0.05, 0.1) is 24.1 Å². The first-order valence-corrected chi connectivity index (χ1v) is 6.27. The molecule has 0 spiro atoms. The zero-order valence-electron chi connectivity index (χ0n) is 10.0. The Labute approximate surface area is 109 Å². The summed E-state index contributed by atoms with van der Waals surface area (Å²) in [6, 6.07) is 3.45. The average Bonchev–Trinajstić information content (AvgIpc) is 2.87. The summed E-state index contributed by atoms with van der Waals surface area (Å²) in [6.45, 7) is 0.139. The molecule has 100 valence electrons. The molecule has 1 rings (SSSR count). The SMILES string of the molecule is COCC(O)CNC(=O)CNC(=O)c1cccs1. The maximum Gasteiger partial charge on any atom is 0.261 e. The first-order chi connectivity index (χ1) is 8.63. The molecule has 6 nitrogen and oxygen atoms in total. The average molecular weight is 272 g/mol. The maximum absolute atomic E-state index is 11.5. The molecular formula is C11H16N2O4S. The number of carbonyl (C=O) groups excluding carboxylic acids is 2. The second-order valence-corrected chi connectivity index (χ2v) is 4.52. The minimum atomic E-state index is -0.744. The molecule has 0 aliphatic carbocycles. The van der Waals surface area contributed by atoms with Crippen LogP contribution in [0.25, 0.3) is 0 Å². The highest BCUT2D eigenvalue weighted by Gasteiger charge is 2.10. The summed E-state index contributed by atoms with van der Waals surface area (Å²) >= 11 is 1.31. The second-order valence-electron chi connectivity index (χ2n) is 3.57. The third-order valence-corrected chi connectivity index (χ3v) is 2.92. The summed E-state index contributed by atoms with van der Waals surface area (Å²) in [5.41, 5.74) is 0. The molecule has 18 heavy (non-hydrogen) atoms. The number of aliphatic hydroxyl groups excluding tert-OH is 1. The fourth-order valence-electron chi connectivity index (χ4n) is 1.20. The zero-order chi connectivity index (χ0) is 13.4. The molecule has 0 aromatic carbocycles. The van der Waals surface area contributed by atoms with E-state index < -0.39 is 6.10 Å². The van der Waals surface area contributed by atoms with E-state index in [0.29, 0.717) is 4.88 Å². The molecule has 3 N–H and O–H groups in total. The lowest BCUT2D eigenvalue weighted by atomic mass is 10.3. The predicted octanol–water partition coefficient (Wildman–Crippen LogP) is -0.399. The Kier molecular flexibility index (Phi) is 6.34. The number of hydrogen-bond acceptors (Lipinski definition) is 5. The van der Waals surface area contributed by atoms with E-state index in [0.717, 1.165) is 0 Å². The molecular weight excluding hydrogens is 256 g/mol. The lowest BCUT2D eigenvalue weighted by molar-refractivity contribution is -0.120. The molecule has 1 aromatic heterocycles. The van der Waals surface area contributed by atoms with Gasteiger partial charge in [0.25, 0.3) is 5.91 Å². The number of carbonyl (C=O) groups is 2. The minimum Gasteiger partial charge on any atom is -0.389 e. The number of rotatable bonds is 7. The number of methoxy groups -OCH3 is 1. The normalized spacial score (nSPS) is 11.9. The highest BCUT2D eigenvalue weighted by Crippen LogP contribution is 2.07. The summed E-state index contributed by atoms with van der Waals surface area (Å²) in [6.07, 6.45) is -0.744. The Hall–Kier alpha value is -1.44. The van der Waals surface area contributed by atoms with Gasteiger partial charge in [-0.2, -0.15) is 0 Å². The number of nitrogens with one attached hydrogen (secondary N) is 2. The van der Waals surface area contributed by atoms with Gasteiger partial charge in [0.1, 0.15) is 0 Å². The van der Waals surface area contributed by atoms with Gasteiger partial charge in [-0.15, -0.1) is 11.3 Å². The highest BCUT2D eigenvalue weighted by atomic mass is 32.1. The molecule has 1 atom stereocenters. The largest absolute Gasteiger partial charge is 0.389 e. The van der Waals surface area contributed by atoms with Crippen molar-refractivity contribution in [2.24, 2.45) is 0 Å². The fraction of sp³-hybridized carbons (Fsp3) is 0.455. The summed E-state index contributed by atoms with van der Waals surface area (Å²) in [5.74, 6) is -0.632. The predicted molar refractivity (Wildman–Crippen MR) is 67.5 cm³/mol. The van der Waals surface area contributed by atoms with Gasteiger partial charge in [0, 0.05) is 13.7 Å². The van der Waals surface area contributed by atoms with Crippen molar-refractivity contribution in [3.05, 3.63) is 22.4 Å². The van der Waals surface area contributed by atoms with E-state index >= 15 is 0 Å². The fourth-order valence-corrected chi connectivity index (χ4v) is 1.84. The molecule has 0 aliphatic heterocycles. The van der Waals surface area contributed by atoms with E-state index in [1.54, 1.807) is 17.5 Å². The Morgan fingerprint density at radius 2 is 2.28 bits per heavy atom. The second kappa shape index (κ2) is 7.80. The van der Waals surface area contributed by atoms with Crippen LogP contribution >= 0.6 is 11.3 Å². The quantitative estimate of drug-likeness (QED) is 0.630. The van der Waals surface area contributed by atoms with E-state index in [-0.39, 0.29) is 31.5 Å². The zero-order valence-corrected chi connectivity index (χ0v) is 10.8. The van der Waals surface area contributed by atoms with Gasteiger partial charge in [0.15, 0.2) is 0 Å². The summed E-state index contributed by atoms with van der Waals surface area (Å²) < 4.78 is 4.71. The van der Waals surface area contributed by atoms with Gasteiger partial charge in [0.2, 0.25) is 5.91 Å². The number of hydrogen-bond donors (Lipinski definition) is 3. The third kappa shape index (κ3) is 5.26. The van der Waals surface area contributed by atoms with Crippen LogP contribution in [0.1, 0.15) is 9.67 Å². The van der Waals surface area contributed by atoms with E-state index in [1.807, 2.05) is 0 Å².